The SMILES string of the molecule is CC1=C2Cc3ccccc3N2C(c2ccccc2)N1c1ccccc1C. The predicted octanol–water partition coefficient (Wildman–Crippen LogP) is 5.81. The molecule has 2 nitrogen and oxygen atoms in total. The van der Waals surface area contributed by atoms with E-state index in [-0.39, 0.29) is 6.17 Å². The Labute approximate surface area is 155 Å². The maximum Gasteiger partial charge on any atom is 0.136 e. The van der Waals surface area contributed by atoms with Crippen LogP contribution in [0.4, 0.5) is 11.4 Å². The van der Waals surface area contributed by atoms with Crippen molar-refractivity contribution in [2.24, 2.45) is 0 Å². The summed E-state index contributed by atoms with van der Waals surface area (Å²) < 4.78 is 0. The van der Waals surface area contributed by atoms with Gasteiger partial charge in [0.2, 0.25) is 0 Å². The van der Waals surface area contributed by atoms with Crippen molar-refractivity contribution in [1.82, 2.24) is 0 Å². The molecule has 5 rings (SSSR count). The molecule has 2 heterocycles. The first-order valence-electron chi connectivity index (χ1n) is 9.22. The van der Waals surface area contributed by atoms with E-state index < -0.39 is 0 Å². The average molecular weight is 338 g/mol. The van der Waals surface area contributed by atoms with Crippen molar-refractivity contribution in [3.05, 3.63) is 107 Å². The molecule has 0 saturated heterocycles. The second-order valence-corrected chi connectivity index (χ2v) is 7.15. The zero-order valence-electron chi connectivity index (χ0n) is 15.2. The summed E-state index contributed by atoms with van der Waals surface area (Å²) in [6.07, 6.45) is 1.17. The molecular formula is C24H22N2. The molecule has 1 unspecified atom stereocenters. The molecule has 0 N–H and O–H groups in total. The minimum absolute atomic E-state index is 0.163. The van der Waals surface area contributed by atoms with Crippen LogP contribution in [0, 0.1) is 6.92 Å². The van der Waals surface area contributed by atoms with Crippen molar-refractivity contribution < 1.29 is 0 Å². The van der Waals surface area contributed by atoms with Crippen LogP contribution in [0.3, 0.4) is 0 Å². The maximum atomic E-state index is 2.53. The van der Waals surface area contributed by atoms with Gasteiger partial charge in [-0.1, -0.05) is 66.7 Å². The zero-order chi connectivity index (χ0) is 17.7. The number of fused-ring (bicyclic) bond motifs is 3. The number of para-hydroxylation sites is 2. The molecular weight excluding hydrogens is 316 g/mol. The molecule has 26 heavy (non-hydrogen) atoms. The van der Waals surface area contributed by atoms with Crippen molar-refractivity contribution in [1.29, 1.82) is 0 Å². The van der Waals surface area contributed by atoms with Gasteiger partial charge in [-0.2, -0.15) is 0 Å². The fourth-order valence-corrected chi connectivity index (χ4v) is 4.40. The first-order chi connectivity index (χ1) is 12.8. The number of rotatable bonds is 2. The van der Waals surface area contributed by atoms with Crippen LogP contribution in [0.2, 0.25) is 0 Å². The lowest BCUT2D eigenvalue weighted by Gasteiger charge is -2.35. The molecule has 3 aromatic rings. The smallest absolute Gasteiger partial charge is 0.136 e. The van der Waals surface area contributed by atoms with Crippen LogP contribution in [0.15, 0.2) is 90.3 Å². The molecule has 0 aromatic heterocycles. The van der Waals surface area contributed by atoms with Gasteiger partial charge in [0, 0.05) is 29.2 Å². The molecule has 0 spiro atoms. The number of benzene rings is 3. The third-order valence-electron chi connectivity index (χ3n) is 5.64. The Hall–Kier alpha value is -3.00. The first-order valence-corrected chi connectivity index (χ1v) is 9.22. The highest BCUT2D eigenvalue weighted by atomic mass is 15.4. The van der Waals surface area contributed by atoms with E-state index in [1.807, 2.05) is 0 Å². The number of aryl methyl sites for hydroxylation is 1. The summed E-state index contributed by atoms with van der Waals surface area (Å²) >= 11 is 0. The fraction of sp³-hybridized carbons (Fsp3) is 0.167. The summed E-state index contributed by atoms with van der Waals surface area (Å²) in [6.45, 7) is 4.47. The van der Waals surface area contributed by atoms with Crippen LogP contribution >= 0.6 is 0 Å². The monoisotopic (exact) mass is 338 g/mol. The predicted molar refractivity (Wildman–Crippen MR) is 108 cm³/mol. The van der Waals surface area contributed by atoms with Crippen molar-refractivity contribution in [2.75, 3.05) is 9.80 Å². The summed E-state index contributed by atoms with van der Waals surface area (Å²) in [7, 11) is 0. The van der Waals surface area contributed by atoms with Crippen LogP contribution < -0.4 is 9.80 Å². The minimum Gasteiger partial charge on any atom is -0.318 e. The van der Waals surface area contributed by atoms with Gasteiger partial charge in [-0.25, -0.2) is 0 Å². The van der Waals surface area contributed by atoms with Crippen LogP contribution in [0.25, 0.3) is 0 Å². The van der Waals surface area contributed by atoms with E-state index >= 15 is 0 Å². The quantitative estimate of drug-likeness (QED) is 0.582. The average Bonchev–Trinajstić information content (AvgIpc) is 3.18. The Balaban J connectivity index is 1.73. The van der Waals surface area contributed by atoms with E-state index in [4.69, 9.17) is 0 Å². The summed E-state index contributed by atoms with van der Waals surface area (Å²) in [5.74, 6) is 0. The van der Waals surface area contributed by atoms with Gasteiger partial charge in [0.05, 0.1) is 0 Å². The van der Waals surface area contributed by atoms with Crippen molar-refractivity contribution >= 4 is 11.4 Å². The van der Waals surface area contributed by atoms with Gasteiger partial charge in [0.25, 0.3) is 0 Å². The van der Waals surface area contributed by atoms with Gasteiger partial charge >= 0.3 is 0 Å². The maximum absolute atomic E-state index is 2.53. The topological polar surface area (TPSA) is 6.48 Å². The molecule has 2 aliphatic rings. The highest BCUT2D eigenvalue weighted by Crippen LogP contribution is 2.51. The van der Waals surface area contributed by atoms with Gasteiger partial charge in [-0.3, -0.25) is 0 Å². The third kappa shape index (κ3) is 2.12. The van der Waals surface area contributed by atoms with Crippen LogP contribution in [0.1, 0.15) is 29.8 Å². The fourth-order valence-electron chi connectivity index (χ4n) is 4.40. The van der Waals surface area contributed by atoms with Crippen LogP contribution in [-0.4, -0.2) is 0 Å². The number of anilines is 2. The standard InChI is InChI=1S/C24H22N2/c1-17-10-6-8-14-21(17)25-18(2)23-16-20-13-7-9-15-22(20)26(23)24(25)19-11-4-3-5-12-19/h3-15,24H,16H2,1-2H3. The van der Waals surface area contributed by atoms with Gasteiger partial charge in [0.1, 0.15) is 6.17 Å². The van der Waals surface area contributed by atoms with E-state index in [0.717, 1.165) is 6.42 Å². The molecule has 0 amide bonds. The molecule has 0 bridgehead atoms. The minimum atomic E-state index is 0.163. The zero-order valence-corrected chi connectivity index (χ0v) is 15.2. The highest BCUT2D eigenvalue weighted by Gasteiger charge is 2.43. The van der Waals surface area contributed by atoms with Crippen molar-refractivity contribution in [3.8, 4) is 0 Å². The number of allylic oxidation sites excluding steroid dienone is 2. The Morgan fingerprint density at radius 2 is 1.35 bits per heavy atom. The molecule has 2 aliphatic heterocycles. The third-order valence-corrected chi connectivity index (χ3v) is 5.64. The van der Waals surface area contributed by atoms with Gasteiger partial charge in [-0.15, -0.1) is 0 Å². The normalized spacial score (nSPS) is 18.3. The summed E-state index contributed by atoms with van der Waals surface area (Å²) in [4.78, 5) is 5.04. The largest absolute Gasteiger partial charge is 0.318 e. The van der Waals surface area contributed by atoms with Gasteiger partial charge < -0.3 is 9.80 Å². The highest BCUT2D eigenvalue weighted by molar-refractivity contribution is 5.75. The van der Waals surface area contributed by atoms with E-state index in [2.05, 4.69) is 103 Å². The number of hydrogen-bond donors (Lipinski definition) is 0. The molecule has 0 fully saturated rings. The molecule has 0 saturated carbocycles. The van der Waals surface area contributed by atoms with E-state index in [9.17, 15) is 0 Å². The Bertz CT molecular complexity index is 1000. The first kappa shape index (κ1) is 15.3. The second-order valence-electron chi connectivity index (χ2n) is 7.15. The summed E-state index contributed by atoms with van der Waals surface area (Å²) in [6, 6.07) is 28.4. The Kier molecular flexibility index (Phi) is 3.39. The van der Waals surface area contributed by atoms with Crippen LogP contribution in [-0.2, 0) is 6.42 Å². The van der Waals surface area contributed by atoms with E-state index in [0.29, 0.717) is 0 Å². The molecule has 3 aromatic carbocycles. The Morgan fingerprint density at radius 1 is 0.692 bits per heavy atom. The van der Waals surface area contributed by atoms with Crippen LogP contribution in [0.5, 0.6) is 0 Å². The second kappa shape index (κ2) is 5.77. The number of hydrogen-bond acceptors (Lipinski definition) is 2. The van der Waals surface area contributed by atoms with Gasteiger partial charge in [0.15, 0.2) is 0 Å². The summed E-state index contributed by atoms with van der Waals surface area (Å²) in [5.41, 5.74) is 9.45. The molecule has 0 aliphatic carbocycles. The van der Waals surface area contributed by atoms with Crippen molar-refractivity contribution in [3.63, 3.8) is 0 Å². The van der Waals surface area contributed by atoms with E-state index in [1.165, 1.54) is 39.5 Å². The summed E-state index contributed by atoms with van der Waals surface area (Å²) in [5, 5.41) is 0. The molecule has 1 atom stereocenters. The van der Waals surface area contributed by atoms with E-state index in [1.54, 1.807) is 0 Å². The lowest BCUT2D eigenvalue weighted by molar-refractivity contribution is 0.717. The number of nitrogens with zero attached hydrogens (tertiary/aromatic N) is 2. The lowest BCUT2D eigenvalue weighted by Crippen LogP contribution is -2.32. The molecule has 0 radical (unpaired) electrons. The van der Waals surface area contributed by atoms with Gasteiger partial charge in [-0.05, 0) is 42.7 Å². The van der Waals surface area contributed by atoms with Crippen molar-refractivity contribution in [2.45, 2.75) is 26.4 Å². The lowest BCUT2D eigenvalue weighted by atomic mass is 10.1. The molecule has 2 heteroatoms. The Morgan fingerprint density at radius 3 is 2.12 bits per heavy atom. The molecule has 128 valence electrons.